The van der Waals surface area contributed by atoms with Gasteiger partial charge in [-0.15, -0.1) is 11.3 Å². The third kappa shape index (κ3) is 3.43. The van der Waals surface area contributed by atoms with E-state index >= 15 is 0 Å². The van der Waals surface area contributed by atoms with Gasteiger partial charge in [0.2, 0.25) is 5.91 Å². The summed E-state index contributed by atoms with van der Waals surface area (Å²) in [5.41, 5.74) is 2.22. The van der Waals surface area contributed by atoms with Crippen LogP contribution < -0.4 is 4.72 Å². The van der Waals surface area contributed by atoms with E-state index < -0.39 is 10.0 Å². The van der Waals surface area contributed by atoms with Crippen molar-refractivity contribution in [1.82, 2.24) is 4.90 Å². The third-order valence-electron chi connectivity index (χ3n) is 3.98. The Morgan fingerprint density at radius 3 is 2.75 bits per heavy atom. The lowest BCUT2D eigenvalue weighted by atomic mass is 10.1. The van der Waals surface area contributed by atoms with Gasteiger partial charge in [0, 0.05) is 29.9 Å². The Morgan fingerprint density at radius 1 is 1.33 bits per heavy atom. The van der Waals surface area contributed by atoms with Crippen molar-refractivity contribution in [2.24, 2.45) is 0 Å². The molecule has 0 saturated carbocycles. The van der Waals surface area contributed by atoms with Crippen molar-refractivity contribution in [2.75, 3.05) is 11.3 Å². The molecule has 1 amide bonds. The van der Waals surface area contributed by atoms with E-state index in [1.807, 2.05) is 6.92 Å². The van der Waals surface area contributed by atoms with E-state index in [2.05, 4.69) is 4.72 Å². The maximum absolute atomic E-state index is 12.6. The van der Waals surface area contributed by atoms with E-state index in [1.54, 1.807) is 29.2 Å². The summed E-state index contributed by atoms with van der Waals surface area (Å²) in [5, 5.41) is 0.512. The van der Waals surface area contributed by atoms with Crippen LogP contribution in [0.15, 0.2) is 28.5 Å². The lowest BCUT2D eigenvalue weighted by molar-refractivity contribution is -0.129. The molecule has 1 aromatic heterocycles. The van der Waals surface area contributed by atoms with E-state index in [4.69, 9.17) is 11.6 Å². The number of benzene rings is 1. The molecule has 1 aliphatic heterocycles. The van der Waals surface area contributed by atoms with E-state index in [1.165, 1.54) is 18.3 Å². The first-order chi connectivity index (χ1) is 11.3. The average Bonchev–Trinajstić information content (AvgIpc) is 2.94. The number of hydrogen-bond acceptors (Lipinski definition) is 4. The number of amides is 1. The van der Waals surface area contributed by atoms with Crippen molar-refractivity contribution >= 4 is 44.6 Å². The molecule has 0 atom stereocenters. The fourth-order valence-corrected chi connectivity index (χ4v) is 5.34. The summed E-state index contributed by atoms with van der Waals surface area (Å²) >= 11 is 7.31. The van der Waals surface area contributed by atoms with Crippen molar-refractivity contribution in [1.29, 1.82) is 0 Å². The highest BCUT2D eigenvalue weighted by molar-refractivity contribution is 7.94. The van der Waals surface area contributed by atoms with Crippen LogP contribution in [0.25, 0.3) is 0 Å². The van der Waals surface area contributed by atoms with Gasteiger partial charge in [0.25, 0.3) is 10.0 Å². The van der Waals surface area contributed by atoms with Crippen molar-refractivity contribution in [3.05, 3.63) is 45.3 Å². The van der Waals surface area contributed by atoms with Gasteiger partial charge in [0.1, 0.15) is 4.21 Å². The molecule has 0 aliphatic carbocycles. The summed E-state index contributed by atoms with van der Waals surface area (Å²) in [6.07, 6.45) is 0.686. The van der Waals surface area contributed by atoms with Gasteiger partial charge >= 0.3 is 0 Å². The zero-order chi connectivity index (χ0) is 17.5. The molecule has 24 heavy (non-hydrogen) atoms. The van der Waals surface area contributed by atoms with Gasteiger partial charge in [-0.2, -0.15) is 0 Å². The van der Waals surface area contributed by atoms with Gasteiger partial charge < -0.3 is 4.90 Å². The number of sulfonamides is 1. The average molecular weight is 385 g/mol. The molecule has 8 heteroatoms. The van der Waals surface area contributed by atoms with Gasteiger partial charge in [0.05, 0.1) is 5.69 Å². The molecule has 2 heterocycles. The highest BCUT2D eigenvalue weighted by Gasteiger charge is 2.25. The predicted octanol–water partition coefficient (Wildman–Crippen LogP) is 3.42. The topological polar surface area (TPSA) is 66.5 Å². The van der Waals surface area contributed by atoms with E-state index in [9.17, 15) is 13.2 Å². The monoisotopic (exact) mass is 384 g/mol. The lowest BCUT2D eigenvalue weighted by Crippen LogP contribution is -2.33. The van der Waals surface area contributed by atoms with E-state index in [0.717, 1.165) is 16.0 Å². The number of thiophene rings is 1. The van der Waals surface area contributed by atoms with E-state index in [-0.39, 0.29) is 10.1 Å². The van der Waals surface area contributed by atoms with Crippen LogP contribution in [0.4, 0.5) is 5.69 Å². The molecule has 128 valence electrons. The number of carbonyl (C=O) groups excluding carboxylic acids is 1. The van der Waals surface area contributed by atoms with Crippen LogP contribution in [-0.4, -0.2) is 25.8 Å². The number of rotatable bonds is 3. The highest BCUT2D eigenvalue weighted by Crippen LogP contribution is 2.32. The zero-order valence-electron chi connectivity index (χ0n) is 13.3. The molecule has 0 bridgehead atoms. The Labute approximate surface area is 150 Å². The number of aryl methyl sites for hydroxylation is 1. The number of anilines is 1. The van der Waals surface area contributed by atoms with Gasteiger partial charge in [0.15, 0.2) is 0 Å². The predicted molar refractivity (Wildman–Crippen MR) is 96.1 cm³/mol. The normalized spacial score (nSPS) is 14.4. The molecular formula is C16H17ClN2O3S2. The van der Waals surface area contributed by atoms with Crippen molar-refractivity contribution in [2.45, 2.75) is 31.0 Å². The van der Waals surface area contributed by atoms with Crippen molar-refractivity contribution in [3.8, 4) is 0 Å². The largest absolute Gasteiger partial charge is 0.338 e. The Balaban J connectivity index is 1.86. The van der Waals surface area contributed by atoms with Gasteiger partial charge in [-0.3, -0.25) is 9.52 Å². The third-order valence-corrected chi connectivity index (χ3v) is 7.48. The number of nitrogens with zero attached hydrogens (tertiary/aromatic N) is 1. The first-order valence-corrected chi connectivity index (χ1v) is 10.1. The standard InChI is InChI=1S/C16H17ClN2O3S2/c1-10-3-4-13(8-14(10)17)18-24(21,22)16-7-12-9-19(11(2)20)6-5-15(12)23-16/h3-4,7-8,18H,5-6,9H2,1-2H3. The van der Waals surface area contributed by atoms with Crippen LogP contribution in [0, 0.1) is 6.92 Å². The summed E-state index contributed by atoms with van der Waals surface area (Å²) < 4.78 is 28.0. The summed E-state index contributed by atoms with van der Waals surface area (Å²) in [7, 11) is -3.67. The van der Waals surface area contributed by atoms with Crippen LogP contribution in [0.2, 0.25) is 5.02 Å². The zero-order valence-corrected chi connectivity index (χ0v) is 15.7. The van der Waals surface area contributed by atoms with Gasteiger partial charge in [-0.1, -0.05) is 17.7 Å². The summed E-state index contributed by atoms with van der Waals surface area (Å²) in [6.45, 7) is 4.47. The molecule has 0 unspecified atom stereocenters. The second-order valence-corrected chi connectivity index (χ2v) is 9.23. The molecule has 0 spiro atoms. The molecule has 2 aromatic rings. The van der Waals surface area contributed by atoms with Crippen LogP contribution in [0.3, 0.4) is 0 Å². The molecule has 3 rings (SSSR count). The molecular weight excluding hydrogens is 368 g/mol. The smallest absolute Gasteiger partial charge is 0.271 e. The lowest BCUT2D eigenvalue weighted by Gasteiger charge is -2.25. The van der Waals surface area contributed by atoms with Gasteiger partial charge in [-0.25, -0.2) is 8.42 Å². The number of fused-ring (bicyclic) bond motifs is 1. The van der Waals surface area contributed by atoms with Crippen LogP contribution in [-0.2, 0) is 27.8 Å². The molecule has 5 nitrogen and oxygen atoms in total. The maximum atomic E-state index is 12.6. The van der Waals surface area contributed by atoms with Crippen molar-refractivity contribution in [3.63, 3.8) is 0 Å². The summed E-state index contributed by atoms with van der Waals surface area (Å²) in [6, 6.07) is 6.71. The minimum Gasteiger partial charge on any atom is -0.338 e. The SMILES string of the molecule is CC(=O)N1CCc2sc(S(=O)(=O)Nc3ccc(C)c(Cl)c3)cc2C1. The molecule has 0 saturated heterocycles. The molecule has 1 N–H and O–H groups in total. The molecule has 1 aliphatic rings. The van der Waals surface area contributed by atoms with Crippen LogP contribution in [0.1, 0.15) is 22.9 Å². The number of nitrogens with one attached hydrogen (secondary N) is 1. The van der Waals surface area contributed by atoms with Crippen molar-refractivity contribution < 1.29 is 13.2 Å². The minimum absolute atomic E-state index is 0.00341. The molecule has 0 fully saturated rings. The first-order valence-electron chi connectivity index (χ1n) is 7.42. The minimum atomic E-state index is -3.67. The Morgan fingerprint density at radius 2 is 2.08 bits per heavy atom. The highest BCUT2D eigenvalue weighted by atomic mass is 35.5. The van der Waals surface area contributed by atoms with Gasteiger partial charge in [-0.05, 0) is 42.7 Å². The Bertz CT molecular complexity index is 906. The second-order valence-electron chi connectivity index (χ2n) is 5.77. The van der Waals surface area contributed by atoms with E-state index in [0.29, 0.717) is 30.2 Å². The quantitative estimate of drug-likeness (QED) is 0.881. The maximum Gasteiger partial charge on any atom is 0.271 e. The molecule has 1 aromatic carbocycles. The molecule has 0 radical (unpaired) electrons. The Kier molecular flexibility index (Phi) is 4.59. The van der Waals surface area contributed by atoms with Crippen LogP contribution >= 0.6 is 22.9 Å². The fraction of sp³-hybridized carbons (Fsp3) is 0.312. The first kappa shape index (κ1) is 17.3. The summed E-state index contributed by atoms with van der Waals surface area (Å²) in [4.78, 5) is 14.2. The fourth-order valence-electron chi connectivity index (χ4n) is 2.57. The number of halogens is 1. The second kappa shape index (κ2) is 6.38. The summed E-state index contributed by atoms with van der Waals surface area (Å²) in [5.74, 6) is 0.00341. The number of carbonyl (C=O) groups is 1. The van der Waals surface area contributed by atoms with Crippen LogP contribution in [0.5, 0.6) is 0 Å². The Hall–Kier alpha value is -1.57. The number of hydrogen-bond donors (Lipinski definition) is 1.